The minimum absolute atomic E-state index is 0.123. The van der Waals surface area contributed by atoms with Crippen molar-refractivity contribution in [1.82, 2.24) is 9.62 Å². The van der Waals surface area contributed by atoms with E-state index in [0.717, 1.165) is 12.8 Å². The maximum absolute atomic E-state index is 12.3. The minimum atomic E-state index is -3.44. The van der Waals surface area contributed by atoms with Crippen LogP contribution in [-0.2, 0) is 10.0 Å². The number of urea groups is 1. The van der Waals surface area contributed by atoms with Crippen LogP contribution in [0.2, 0.25) is 0 Å². The van der Waals surface area contributed by atoms with Crippen molar-refractivity contribution in [3.63, 3.8) is 0 Å². The van der Waals surface area contributed by atoms with Gasteiger partial charge in [0.2, 0.25) is 10.0 Å². The van der Waals surface area contributed by atoms with Crippen molar-refractivity contribution >= 4 is 21.7 Å². The molecule has 2 rings (SSSR count). The zero-order valence-corrected chi connectivity index (χ0v) is 12.7. The molecule has 1 aliphatic carbocycles. The van der Waals surface area contributed by atoms with Gasteiger partial charge in [-0.15, -0.1) is 6.58 Å². The molecule has 0 bridgehead atoms. The highest BCUT2D eigenvalue weighted by Gasteiger charge is 2.34. The summed E-state index contributed by atoms with van der Waals surface area (Å²) < 4.78 is 26.0. The molecule has 6 nitrogen and oxygen atoms in total. The lowest BCUT2D eigenvalue weighted by Gasteiger charge is -2.16. The lowest BCUT2D eigenvalue weighted by atomic mass is 10.3. The van der Waals surface area contributed by atoms with Gasteiger partial charge in [0.05, 0.1) is 4.90 Å². The standard InChI is InChI=1S/C14H19N3O3S/c1-3-10-15-14(18)16-11-4-8-13(9-5-11)21(19,20)17(2)12-6-7-12/h3-5,8-9,12H,1,6-7,10H2,2H3,(H2,15,16,18). The van der Waals surface area contributed by atoms with Crippen molar-refractivity contribution in [1.29, 1.82) is 0 Å². The van der Waals surface area contributed by atoms with E-state index in [2.05, 4.69) is 17.2 Å². The maximum atomic E-state index is 12.3. The number of carbonyl (C=O) groups is 1. The molecule has 0 saturated heterocycles. The van der Waals surface area contributed by atoms with Gasteiger partial charge in [0, 0.05) is 25.3 Å². The zero-order chi connectivity index (χ0) is 15.5. The van der Waals surface area contributed by atoms with Crippen LogP contribution in [0.15, 0.2) is 41.8 Å². The van der Waals surface area contributed by atoms with E-state index in [1.807, 2.05) is 0 Å². The molecule has 0 unspecified atom stereocenters. The van der Waals surface area contributed by atoms with Crippen LogP contribution in [0.4, 0.5) is 10.5 Å². The van der Waals surface area contributed by atoms with Gasteiger partial charge in [0.1, 0.15) is 0 Å². The van der Waals surface area contributed by atoms with Crippen molar-refractivity contribution in [3.05, 3.63) is 36.9 Å². The molecule has 0 heterocycles. The molecular weight excluding hydrogens is 290 g/mol. The fourth-order valence-corrected chi connectivity index (χ4v) is 3.27. The van der Waals surface area contributed by atoms with Gasteiger partial charge in [-0.25, -0.2) is 13.2 Å². The number of benzene rings is 1. The normalized spacial score (nSPS) is 14.8. The summed E-state index contributed by atoms with van der Waals surface area (Å²) in [6.07, 6.45) is 3.40. The van der Waals surface area contributed by atoms with E-state index in [1.54, 1.807) is 25.3 Å². The summed E-state index contributed by atoms with van der Waals surface area (Å²) in [5, 5.41) is 5.19. The third kappa shape index (κ3) is 3.83. The van der Waals surface area contributed by atoms with Gasteiger partial charge in [0.15, 0.2) is 0 Å². The number of anilines is 1. The number of sulfonamides is 1. The Morgan fingerprint density at radius 3 is 2.52 bits per heavy atom. The Labute approximate surface area is 124 Å². The van der Waals surface area contributed by atoms with Gasteiger partial charge in [-0.2, -0.15) is 4.31 Å². The first-order valence-electron chi connectivity index (χ1n) is 6.69. The van der Waals surface area contributed by atoms with Gasteiger partial charge in [-0.05, 0) is 37.1 Å². The topological polar surface area (TPSA) is 78.5 Å². The molecule has 0 aliphatic heterocycles. The molecule has 0 atom stereocenters. The number of hydrogen-bond donors (Lipinski definition) is 2. The molecule has 2 N–H and O–H groups in total. The van der Waals surface area contributed by atoms with Crippen molar-refractivity contribution in [2.45, 2.75) is 23.8 Å². The Morgan fingerprint density at radius 1 is 1.38 bits per heavy atom. The fraction of sp³-hybridized carbons (Fsp3) is 0.357. The molecule has 2 amide bonds. The van der Waals surface area contributed by atoms with E-state index in [4.69, 9.17) is 0 Å². The molecule has 0 spiro atoms. The van der Waals surface area contributed by atoms with Crippen LogP contribution in [-0.4, -0.2) is 38.4 Å². The second-order valence-corrected chi connectivity index (χ2v) is 6.90. The summed E-state index contributed by atoms with van der Waals surface area (Å²) in [7, 11) is -1.84. The van der Waals surface area contributed by atoms with Crippen LogP contribution >= 0.6 is 0 Å². The van der Waals surface area contributed by atoms with Crippen molar-refractivity contribution in [3.8, 4) is 0 Å². The largest absolute Gasteiger partial charge is 0.334 e. The van der Waals surface area contributed by atoms with Gasteiger partial charge in [-0.1, -0.05) is 6.08 Å². The van der Waals surface area contributed by atoms with Gasteiger partial charge >= 0.3 is 6.03 Å². The summed E-state index contributed by atoms with van der Waals surface area (Å²) in [5.41, 5.74) is 0.532. The molecule has 7 heteroatoms. The molecule has 1 saturated carbocycles. The molecule has 1 aromatic rings. The number of amides is 2. The van der Waals surface area contributed by atoms with E-state index in [-0.39, 0.29) is 17.0 Å². The third-order valence-corrected chi connectivity index (χ3v) is 5.18. The molecule has 1 aromatic carbocycles. The molecule has 1 aliphatic rings. The smallest absolute Gasteiger partial charge is 0.319 e. The summed E-state index contributed by atoms with van der Waals surface area (Å²) >= 11 is 0. The van der Waals surface area contributed by atoms with Gasteiger partial charge in [0.25, 0.3) is 0 Å². The van der Waals surface area contributed by atoms with E-state index < -0.39 is 10.0 Å². The SMILES string of the molecule is C=CCNC(=O)Nc1ccc(S(=O)(=O)N(C)C2CC2)cc1. The van der Waals surface area contributed by atoms with E-state index >= 15 is 0 Å². The number of carbonyl (C=O) groups excluding carboxylic acids is 1. The molecule has 1 fully saturated rings. The Kier molecular flexibility index (Phi) is 4.64. The Morgan fingerprint density at radius 2 is 2.00 bits per heavy atom. The average Bonchev–Trinajstić information content (AvgIpc) is 3.29. The van der Waals surface area contributed by atoms with Crippen molar-refractivity contribution < 1.29 is 13.2 Å². The highest BCUT2D eigenvalue weighted by Crippen LogP contribution is 2.30. The third-order valence-electron chi connectivity index (χ3n) is 3.26. The van der Waals surface area contributed by atoms with Gasteiger partial charge < -0.3 is 10.6 Å². The highest BCUT2D eigenvalue weighted by atomic mass is 32.2. The summed E-state index contributed by atoms with van der Waals surface area (Å²) in [5.74, 6) is 0. The first-order chi connectivity index (χ1) is 9.95. The Hall–Kier alpha value is -1.86. The summed E-state index contributed by atoms with van der Waals surface area (Å²) in [6.45, 7) is 3.87. The first-order valence-corrected chi connectivity index (χ1v) is 8.13. The lowest BCUT2D eigenvalue weighted by molar-refractivity contribution is 0.253. The molecule has 0 radical (unpaired) electrons. The monoisotopic (exact) mass is 309 g/mol. The predicted octanol–water partition coefficient (Wildman–Crippen LogP) is 1.78. The van der Waals surface area contributed by atoms with Gasteiger partial charge in [-0.3, -0.25) is 0 Å². The first kappa shape index (κ1) is 15.5. The van der Waals surface area contributed by atoms with Crippen LogP contribution in [0.1, 0.15) is 12.8 Å². The average molecular weight is 309 g/mol. The predicted molar refractivity (Wildman–Crippen MR) is 81.6 cm³/mol. The highest BCUT2D eigenvalue weighted by molar-refractivity contribution is 7.89. The second-order valence-electron chi connectivity index (χ2n) is 4.90. The molecule has 0 aromatic heterocycles. The number of nitrogens with one attached hydrogen (secondary N) is 2. The summed E-state index contributed by atoms with van der Waals surface area (Å²) in [6, 6.07) is 5.90. The van der Waals surface area contributed by atoms with E-state index in [9.17, 15) is 13.2 Å². The quantitative estimate of drug-likeness (QED) is 0.786. The van der Waals surface area contributed by atoms with Crippen LogP contribution < -0.4 is 10.6 Å². The van der Waals surface area contributed by atoms with E-state index in [1.165, 1.54) is 16.4 Å². The number of rotatable bonds is 6. The fourth-order valence-electron chi connectivity index (χ4n) is 1.85. The Bertz CT molecular complexity index is 621. The van der Waals surface area contributed by atoms with Crippen LogP contribution in [0, 0.1) is 0 Å². The second kappa shape index (κ2) is 6.28. The van der Waals surface area contributed by atoms with E-state index in [0.29, 0.717) is 12.2 Å². The van der Waals surface area contributed by atoms with Crippen molar-refractivity contribution in [2.24, 2.45) is 0 Å². The number of hydrogen-bond acceptors (Lipinski definition) is 3. The number of nitrogens with zero attached hydrogens (tertiary/aromatic N) is 1. The Balaban J connectivity index is 2.04. The lowest BCUT2D eigenvalue weighted by Crippen LogP contribution is -2.29. The van der Waals surface area contributed by atoms with Crippen LogP contribution in [0.25, 0.3) is 0 Å². The van der Waals surface area contributed by atoms with Crippen LogP contribution in [0.3, 0.4) is 0 Å². The molecular formula is C14H19N3O3S. The zero-order valence-electron chi connectivity index (χ0n) is 11.9. The molecule has 114 valence electrons. The molecule has 21 heavy (non-hydrogen) atoms. The summed E-state index contributed by atoms with van der Waals surface area (Å²) in [4.78, 5) is 11.7. The minimum Gasteiger partial charge on any atom is -0.334 e. The van der Waals surface area contributed by atoms with Crippen LogP contribution in [0.5, 0.6) is 0 Å². The van der Waals surface area contributed by atoms with Crippen molar-refractivity contribution in [2.75, 3.05) is 18.9 Å². The maximum Gasteiger partial charge on any atom is 0.319 e.